The maximum Gasteiger partial charge on any atom is 0.338 e. The van der Waals surface area contributed by atoms with Crippen molar-refractivity contribution in [3.8, 4) is 0 Å². The number of anilines is 1. The van der Waals surface area contributed by atoms with Gasteiger partial charge in [0.25, 0.3) is 5.91 Å². The summed E-state index contributed by atoms with van der Waals surface area (Å²) in [4.78, 5) is 46.6. The largest absolute Gasteiger partial charge is 0.465 e. The van der Waals surface area contributed by atoms with Crippen LogP contribution in [-0.4, -0.2) is 44.0 Å². The Morgan fingerprint density at radius 2 is 1.48 bits per heavy atom. The Labute approximate surface area is 163 Å². The number of halogens is 2. The molecule has 10 heteroatoms. The Kier molecular flexibility index (Phi) is 7.35. The lowest BCUT2D eigenvalue weighted by Gasteiger charge is -2.08. The molecule has 29 heavy (non-hydrogen) atoms. The number of amides is 2. The number of esters is 2. The van der Waals surface area contributed by atoms with Gasteiger partial charge in [-0.05, 0) is 36.4 Å². The number of hydrogen-bond donors (Lipinski definition) is 2. The molecule has 0 saturated heterocycles. The highest BCUT2D eigenvalue weighted by Gasteiger charge is 2.13. The van der Waals surface area contributed by atoms with Gasteiger partial charge in [-0.15, -0.1) is 0 Å². The van der Waals surface area contributed by atoms with Crippen LogP contribution in [0.3, 0.4) is 0 Å². The van der Waals surface area contributed by atoms with Crippen molar-refractivity contribution in [1.82, 2.24) is 5.32 Å². The predicted molar refractivity (Wildman–Crippen MR) is 96.1 cm³/mol. The van der Waals surface area contributed by atoms with Gasteiger partial charge in [0.2, 0.25) is 5.91 Å². The summed E-state index contributed by atoms with van der Waals surface area (Å²) in [6.07, 6.45) is 0. The highest BCUT2D eigenvalue weighted by molar-refractivity contribution is 5.96. The Morgan fingerprint density at radius 3 is 2.07 bits per heavy atom. The van der Waals surface area contributed by atoms with Crippen molar-refractivity contribution < 1.29 is 37.4 Å². The van der Waals surface area contributed by atoms with Gasteiger partial charge >= 0.3 is 11.9 Å². The van der Waals surface area contributed by atoms with Crippen LogP contribution in [0.4, 0.5) is 14.5 Å². The van der Waals surface area contributed by atoms with Crippen molar-refractivity contribution in [3.05, 3.63) is 65.2 Å². The third-order valence-corrected chi connectivity index (χ3v) is 3.53. The van der Waals surface area contributed by atoms with Crippen LogP contribution in [0.15, 0.2) is 42.5 Å². The summed E-state index contributed by atoms with van der Waals surface area (Å²) in [6.45, 7) is -1.11. The van der Waals surface area contributed by atoms with Crippen molar-refractivity contribution in [2.45, 2.75) is 0 Å². The number of carbonyl (C=O) groups is 4. The number of ether oxygens (including phenoxy) is 2. The summed E-state index contributed by atoms with van der Waals surface area (Å²) in [5.41, 5.74) is 0.375. The summed E-state index contributed by atoms with van der Waals surface area (Å²) in [5, 5.41) is 4.48. The molecule has 0 radical (unpaired) electrons. The van der Waals surface area contributed by atoms with Gasteiger partial charge in [0.1, 0.15) is 0 Å². The van der Waals surface area contributed by atoms with Crippen LogP contribution >= 0.6 is 0 Å². The van der Waals surface area contributed by atoms with Gasteiger partial charge in [-0.1, -0.05) is 0 Å². The molecule has 0 atom stereocenters. The van der Waals surface area contributed by atoms with Crippen LogP contribution < -0.4 is 10.6 Å². The number of rotatable bonds is 7. The lowest BCUT2D eigenvalue weighted by atomic mass is 10.1. The van der Waals surface area contributed by atoms with Crippen molar-refractivity contribution in [2.24, 2.45) is 0 Å². The Hall–Kier alpha value is -3.82. The van der Waals surface area contributed by atoms with E-state index in [0.29, 0.717) is 0 Å². The van der Waals surface area contributed by atoms with Crippen molar-refractivity contribution in [2.75, 3.05) is 25.6 Å². The van der Waals surface area contributed by atoms with E-state index in [-0.39, 0.29) is 16.8 Å². The van der Waals surface area contributed by atoms with E-state index in [1.807, 2.05) is 0 Å². The average Bonchev–Trinajstić information content (AvgIpc) is 2.72. The second kappa shape index (κ2) is 9.93. The molecule has 152 valence electrons. The fourth-order valence-corrected chi connectivity index (χ4v) is 2.08. The maximum atomic E-state index is 13.1. The normalized spacial score (nSPS) is 10.0. The highest BCUT2D eigenvalue weighted by atomic mass is 19.2. The average molecular weight is 406 g/mol. The maximum absolute atomic E-state index is 13.1. The number of carbonyl (C=O) groups excluding carboxylic acids is 4. The molecule has 2 N–H and O–H groups in total. The quantitative estimate of drug-likeness (QED) is 0.677. The number of methoxy groups -OCH3 is 1. The first-order chi connectivity index (χ1) is 13.8. The van der Waals surface area contributed by atoms with E-state index in [1.54, 1.807) is 0 Å². The zero-order valence-corrected chi connectivity index (χ0v) is 15.2. The molecule has 0 aliphatic heterocycles. The molecule has 2 amide bonds. The first-order valence-electron chi connectivity index (χ1n) is 8.17. The van der Waals surface area contributed by atoms with Gasteiger partial charge < -0.3 is 20.1 Å². The van der Waals surface area contributed by atoms with Crippen LogP contribution in [0, 0.1) is 11.6 Å². The molecule has 0 fully saturated rings. The van der Waals surface area contributed by atoms with E-state index in [2.05, 4.69) is 15.4 Å². The van der Waals surface area contributed by atoms with Crippen molar-refractivity contribution >= 4 is 29.4 Å². The van der Waals surface area contributed by atoms with Gasteiger partial charge in [0.05, 0.1) is 24.8 Å². The van der Waals surface area contributed by atoms with E-state index in [4.69, 9.17) is 4.74 Å². The van der Waals surface area contributed by atoms with Crippen LogP contribution in [0.25, 0.3) is 0 Å². The smallest absolute Gasteiger partial charge is 0.338 e. The second-order valence-electron chi connectivity index (χ2n) is 5.60. The zero-order chi connectivity index (χ0) is 21.4. The molecule has 0 aromatic heterocycles. The monoisotopic (exact) mass is 406 g/mol. The first kappa shape index (κ1) is 21.5. The molecule has 0 aliphatic rings. The molecule has 0 unspecified atom stereocenters. The first-order valence-corrected chi connectivity index (χ1v) is 8.17. The van der Waals surface area contributed by atoms with E-state index >= 15 is 0 Å². The molecule has 0 aliphatic carbocycles. The summed E-state index contributed by atoms with van der Waals surface area (Å²) in [7, 11) is 1.22. The third kappa shape index (κ3) is 6.38. The zero-order valence-electron chi connectivity index (χ0n) is 15.2. The van der Waals surface area contributed by atoms with E-state index in [9.17, 15) is 28.0 Å². The summed E-state index contributed by atoms with van der Waals surface area (Å²) in [5.74, 6) is -4.98. The third-order valence-electron chi connectivity index (χ3n) is 3.53. The number of benzene rings is 2. The Bertz CT molecular complexity index is 931. The molecular formula is C19H16F2N2O6. The van der Waals surface area contributed by atoms with Gasteiger partial charge in [0, 0.05) is 11.8 Å². The van der Waals surface area contributed by atoms with Crippen molar-refractivity contribution in [3.63, 3.8) is 0 Å². The van der Waals surface area contributed by atoms with Gasteiger partial charge in [-0.2, -0.15) is 0 Å². The molecule has 0 spiro atoms. The molecule has 0 heterocycles. The number of nitrogens with one attached hydrogen (secondary N) is 2. The Balaban J connectivity index is 1.76. The van der Waals surface area contributed by atoms with E-state index in [0.717, 1.165) is 18.2 Å². The van der Waals surface area contributed by atoms with Crippen LogP contribution in [0.5, 0.6) is 0 Å². The number of hydrogen-bond acceptors (Lipinski definition) is 6. The standard InChI is InChI=1S/C19H16F2N2O6/c1-28-18(26)11-2-4-12(5-3-11)19(27)29-10-17(25)22-9-16(24)23-13-6-7-14(20)15(21)8-13/h2-8H,9-10H2,1H3,(H,22,25)(H,23,24). The van der Waals surface area contributed by atoms with Crippen molar-refractivity contribution in [1.29, 1.82) is 0 Å². The second-order valence-corrected chi connectivity index (χ2v) is 5.60. The minimum atomic E-state index is -1.13. The van der Waals surface area contributed by atoms with Gasteiger partial charge in [0.15, 0.2) is 18.2 Å². The van der Waals surface area contributed by atoms with Crippen LogP contribution in [-0.2, 0) is 19.1 Å². The topological polar surface area (TPSA) is 111 Å². The minimum Gasteiger partial charge on any atom is -0.465 e. The fourth-order valence-electron chi connectivity index (χ4n) is 2.08. The summed E-state index contributed by atoms with van der Waals surface area (Å²) < 4.78 is 35.2. The Morgan fingerprint density at radius 1 is 0.862 bits per heavy atom. The van der Waals surface area contributed by atoms with E-state index < -0.39 is 48.5 Å². The molecular weight excluding hydrogens is 390 g/mol. The molecule has 2 rings (SSSR count). The highest BCUT2D eigenvalue weighted by Crippen LogP contribution is 2.12. The molecule has 8 nitrogen and oxygen atoms in total. The van der Waals surface area contributed by atoms with Crippen LogP contribution in [0.2, 0.25) is 0 Å². The lowest BCUT2D eigenvalue weighted by molar-refractivity contribution is -0.126. The summed E-state index contributed by atoms with van der Waals surface area (Å²) >= 11 is 0. The lowest BCUT2D eigenvalue weighted by Crippen LogP contribution is -2.35. The van der Waals surface area contributed by atoms with E-state index in [1.165, 1.54) is 31.4 Å². The SMILES string of the molecule is COC(=O)c1ccc(C(=O)OCC(=O)NCC(=O)Nc2ccc(F)c(F)c2)cc1. The fraction of sp³-hybridized carbons (Fsp3) is 0.158. The summed E-state index contributed by atoms with van der Waals surface area (Å²) in [6, 6.07) is 8.20. The van der Waals surface area contributed by atoms with Gasteiger partial charge in [-0.25, -0.2) is 18.4 Å². The minimum absolute atomic E-state index is 0.0185. The molecule has 0 saturated carbocycles. The molecule has 2 aromatic rings. The molecule has 2 aromatic carbocycles. The molecule has 0 bridgehead atoms. The van der Waals surface area contributed by atoms with Gasteiger partial charge in [-0.3, -0.25) is 9.59 Å². The van der Waals surface area contributed by atoms with Crippen LogP contribution in [0.1, 0.15) is 20.7 Å². The predicted octanol–water partition coefficient (Wildman–Crippen LogP) is 1.66.